The summed E-state index contributed by atoms with van der Waals surface area (Å²) in [6, 6.07) is 18.5. The molecule has 0 N–H and O–H groups in total. The second kappa shape index (κ2) is 4.50. The first-order valence-electron chi connectivity index (χ1n) is 8.13. The average molecular weight is 436 g/mol. The Morgan fingerprint density at radius 2 is 0.917 bits per heavy atom. The summed E-state index contributed by atoms with van der Waals surface area (Å²) in [5.41, 5.74) is 2.76. The zero-order valence-electron chi connectivity index (χ0n) is 12.8. The van der Waals surface area contributed by atoms with Crippen LogP contribution in [0.5, 0.6) is 0 Å². The highest BCUT2D eigenvalue weighted by molar-refractivity contribution is 9.08. The molecular formula is C22H12Br2. The molecule has 0 nitrogen and oxygen atoms in total. The van der Waals surface area contributed by atoms with Gasteiger partial charge in [0.05, 0.1) is 0 Å². The summed E-state index contributed by atoms with van der Waals surface area (Å²) in [7, 11) is 0. The Bertz CT molecular complexity index is 1260. The lowest BCUT2D eigenvalue weighted by atomic mass is 9.94. The first-order chi connectivity index (χ1) is 11.8. The van der Waals surface area contributed by atoms with Gasteiger partial charge in [0.2, 0.25) is 0 Å². The molecule has 0 radical (unpaired) electrons. The number of hydrogen-bond acceptors (Lipinski definition) is 0. The third-order valence-corrected chi connectivity index (χ3v) is 6.80. The number of alkyl halides is 2. The smallest absolute Gasteiger partial charge is 0.0289 e. The second-order valence-corrected chi connectivity index (χ2v) is 7.80. The lowest BCUT2D eigenvalue weighted by molar-refractivity contribution is 1.51. The molecule has 24 heavy (non-hydrogen) atoms. The van der Waals surface area contributed by atoms with Crippen molar-refractivity contribution in [1.82, 2.24) is 0 Å². The standard InChI is InChI=1S/C22H12Br2/c23-9-14-7-12-3-1-11-2-4-13-8-15(10-24)17-6-5-16(14)21-19(12)18(11)20(13)22(17)21/h1-8H,9-10H2. The predicted molar refractivity (Wildman–Crippen MR) is 113 cm³/mol. The Morgan fingerprint density at radius 1 is 0.500 bits per heavy atom. The van der Waals surface area contributed by atoms with E-state index in [0.29, 0.717) is 0 Å². The number of benzene rings is 5. The van der Waals surface area contributed by atoms with Gasteiger partial charge < -0.3 is 0 Å². The SMILES string of the molecule is BrCc1cc2ccc3ccc4cc(CBr)c5ccc1c1c2c3c4c51. The van der Waals surface area contributed by atoms with Gasteiger partial charge in [-0.25, -0.2) is 0 Å². The minimum absolute atomic E-state index is 0.889. The van der Waals surface area contributed by atoms with E-state index in [-0.39, 0.29) is 0 Å². The topological polar surface area (TPSA) is 0 Å². The third-order valence-electron chi connectivity index (χ3n) is 5.60. The Hall–Kier alpha value is -1.64. The Balaban J connectivity index is 2.12. The molecule has 6 rings (SSSR count). The van der Waals surface area contributed by atoms with Gasteiger partial charge in [-0.3, -0.25) is 0 Å². The van der Waals surface area contributed by atoms with Gasteiger partial charge in [-0.15, -0.1) is 0 Å². The molecule has 6 aromatic rings. The fourth-order valence-corrected chi connectivity index (χ4v) is 5.57. The van der Waals surface area contributed by atoms with E-state index in [1.165, 1.54) is 65.0 Å². The minimum Gasteiger partial charge on any atom is -0.0876 e. The van der Waals surface area contributed by atoms with Crippen LogP contribution in [0.25, 0.3) is 53.9 Å². The van der Waals surface area contributed by atoms with Gasteiger partial charge in [-0.2, -0.15) is 0 Å². The molecule has 0 amide bonds. The zero-order valence-corrected chi connectivity index (χ0v) is 16.0. The van der Waals surface area contributed by atoms with E-state index in [9.17, 15) is 0 Å². The van der Waals surface area contributed by atoms with Gasteiger partial charge in [0.15, 0.2) is 0 Å². The van der Waals surface area contributed by atoms with Crippen LogP contribution in [0.4, 0.5) is 0 Å². The highest BCUT2D eigenvalue weighted by Gasteiger charge is 2.22. The molecule has 0 spiro atoms. The fourth-order valence-electron chi connectivity index (χ4n) is 4.64. The van der Waals surface area contributed by atoms with E-state index < -0.39 is 0 Å². The van der Waals surface area contributed by atoms with E-state index in [0.717, 1.165) is 10.7 Å². The molecule has 0 aliphatic rings. The van der Waals surface area contributed by atoms with Gasteiger partial charge in [-0.05, 0) is 77.1 Å². The highest BCUT2D eigenvalue weighted by Crippen LogP contribution is 2.49. The molecule has 0 bridgehead atoms. The van der Waals surface area contributed by atoms with Gasteiger partial charge >= 0.3 is 0 Å². The van der Waals surface area contributed by atoms with Crippen molar-refractivity contribution in [3.63, 3.8) is 0 Å². The Morgan fingerprint density at radius 3 is 1.38 bits per heavy atom. The molecule has 114 valence electrons. The molecule has 0 heterocycles. The van der Waals surface area contributed by atoms with Crippen LogP contribution < -0.4 is 0 Å². The molecule has 0 fully saturated rings. The lowest BCUT2D eigenvalue weighted by Gasteiger charge is -2.10. The number of rotatable bonds is 2. The van der Waals surface area contributed by atoms with Crippen LogP contribution in [-0.4, -0.2) is 0 Å². The average Bonchev–Trinajstić information content (AvgIpc) is 3.00. The maximum absolute atomic E-state index is 3.69. The maximum atomic E-state index is 3.69. The van der Waals surface area contributed by atoms with Crippen LogP contribution in [0.3, 0.4) is 0 Å². The summed E-state index contributed by atoms with van der Waals surface area (Å²) < 4.78 is 0. The van der Waals surface area contributed by atoms with E-state index in [1.54, 1.807) is 0 Å². The van der Waals surface area contributed by atoms with Crippen LogP contribution in [0.15, 0.2) is 48.5 Å². The van der Waals surface area contributed by atoms with Crippen LogP contribution in [0.1, 0.15) is 11.1 Å². The van der Waals surface area contributed by atoms with Gasteiger partial charge in [-0.1, -0.05) is 68.3 Å². The molecule has 0 aromatic heterocycles. The Labute approximate surface area is 155 Å². The first kappa shape index (κ1) is 13.6. The molecule has 6 aromatic carbocycles. The van der Waals surface area contributed by atoms with E-state index in [1.807, 2.05) is 0 Å². The Kier molecular flexibility index (Phi) is 2.56. The monoisotopic (exact) mass is 434 g/mol. The van der Waals surface area contributed by atoms with E-state index in [4.69, 9.17) is 0 Å². The third kappa shape index (κ3) is 1.42. The van der Waals surface area contributed by atoms with Crippen molar-refractivity contribution in [3.05, 3.63) is 59.7 Å². The van der Waals surface area contributed by atoms with Gasteiger partial charge in [0.25, 0.3) is 0 Å². The van der Waals surface area contributed by atoms with Gasteiger partial charge in [0.1, 0.15) is 0 Å². The zero-order chi connectivity index (χ0) is 16.0. The second-order valence-electron chi connectivity index (χ2n) is 6.67. The summed E-state index contributed by atoms with van der Waals surface area (Å²) in [6.45, 7) is 0. The van der Waals surface area contributed by atoms with Crippen molar-refractivity contribution >= 4 is 85.7 Å². The largest absolute Gasteiger partial charge is 0.0876 e. The van der Waals surface area contributed by atoms with E-state index in [2.05, 4.69) is 80.4 Å². The predicted octanol–water partition coefficient (Wildman–Crippen LogP) is 7.56. The van der Waals surface area contributed by atoms with E-state index >= 15 is 0 Å². The lowest BCUT2D eigenvalue weighted by Crippen LogP contribution is -1.86. The quantitative estimate of drug-likeness (QED) is 0.194. The van der Waals surface area contributed by atoms with Crippen LogP contribution in [0, 0.1) is 0 Å². The summed E-state index contributed by atoms with van der Waals surface area (Å²) >= 11 is 7.38. The van der Waals surface area contributed by atoms with Crippen molar-refractivity contribution in [2.75, 3.05) is 0 Å². The van der Waals surface area contributed by atoms with Crippen molar-refractivity contribution in [1.29, 1.82) is 0 Å². The first-order valence-corrected chi connectivity index (χ1v) is 10.4. The minimum atomic E-state index is 0.889. The highest BCUT2D eigenvalue weighted by atomic mass is 79.9. The summed E-state index contributed by atoms with van der Waals surface area (Å²) in [5, 5.41) is 15.9. The molecule has 0 saturated carbocycles. The van der Waals surface area contributed by atoms with Crippen molar-refractivity contribution in [3.8, 4) is 0 Å². The molecule has 0 saturated heterocycles. The van der Waals surface area contributed by atoms with Crippen LogP contribution >= 0.6 is 31.9 Å². The fraction of sp³-hybridized carbons (Fsp3) is 0.0909. The maximum Gasteiger partial charge on any atom is 0.0289 e. The molecule has 0 aliphatic heterocycles. The van der Waals surface area contributed by atoms with Crippen LogP contribution in [-0.2, 0) is 10.7 Å². The molecule has 2 heteroatoms. The number of halogens is 2. The van der Waals surface area contributed by atoms with Gasteiger partial charge in [0, 0.05) is 10.7 Å². The molecule has 0 aliphatic carbocycles. The molecule has 0 atom stereocenters. The molecule has 0 unspecified atom stereocenters. The normalized spacial score (nSPS) is 12.9. The van der Waals surface area contributed by atoms with Crippen molar-refractivity contribution in [2.45, 2.75) is 10.7 Å². The van der Waals surface area contributed by atoms with Crippen molar-refractivity contribution < 1.29 is 0 Å². The molecular weight excluding hydrogens is 424 g/mol. The summed E-state index contributed by atoms with van der Waals surface area (Å²) in [5.74, 6) is 0. The summed E-state index contributed by atoms with van der Waals surface area (Å²) in [6.07, 6.45) is 0. The van der Waals surface area contributed by atoms with Crippen molar-refractivity contribution in [2.24, 2.45) is 0 Å². The van der Waals surface area contributed by atoms with Crippen LogP contribution in [0.2, 0.25) is 0 Å². The number of hydrogen-bond donors (Lipinski definition) is 0. The summed E-state index contributed by atoms with van der Waals surface area (Å²) in [4.78, 5) is 0.